The molecule has 10 rings (SSSR count). The van der Waals surface area contributed by atoms with Crippen LogP contribution in [0.15, 0.2) is 205 Å². The molecule has 10 aromatic rings. The van der Waals surface area contributed by atoms with Crippen LogP contribution >= 0.6 is 0 Å². The monoisotopic (exact) mass is 663 g/mol. The van der Waals surface area contributed by atoms with E-state index in [1.165, 1.54) is 38.4 Å². The van der Waals surface area contributed by atoms with Crippen LogP contribution < -0.4 is 4.90 Å². The van der Waals surface area contributed by atoms with Crippen molar-refractivity contribution in [3.8, 4) is 33.4 Å². The maximum Gasteiger partial charge on any atom is 0.143 e. The first-order valence-electron chi connectivity index (χ1n) is 17.8. The summed E-state index contributed by atoms with van der Waals surface area (Å²) in [4.78, 5) is 2.40. The summed E-state index contributed by atoms with van der Waals surface area (Å²) in [5.41, 5.74) is 12.0. The Bertz CT molecular complexity index is 2870. The topological polar surface area (TPSA) is 16.4 Å². The Kier molecular flexibility index (Phi) is 7.18. The van der Waals surface area contributed by atoms with Gasteiger partial charge in [-0.25, -0.2) is 0 Å². The third-order valence-corrected chi connectivity index (χ3v) is 10.2. The summed E-state index contributed by atoms with van der Waals surface area (Å²) in [5, 5.41) is 6.91. The molecule has 244 valence electrons. The third kappa shape index (κ3) is 5.04. The fraction of sp³-hybridized carbons (Fsp3) is 0. The Labute approximate surface area is 302 Å². The van der Waals surface area contributed by atoms with Gasteiger partial charge in [0.05, 0.1) is 5.69 Å². The summed E-state index contributed by atoms with van der Waals surface area (Å²) in [6.07, 6.45) is 0. The van der Waals surface area contributed by atoms with Gasteiger partial charge >= 0.3 is 0 Å². The van der Waals surface area contributed by atoms with Gasteiger partial charge in [0.1, 0.15) is 11.2 Å². The Morgan fingerprint density at radius 3 is 1.67 bits per heavy atom. The average Bonchev–Trinajstić information content (AvgIpc) is 3.61. The molecule has 0 aliphatic rings. The van der Waals surface area contributed by atoms with Gasteiger partial charge in [0.15, 0.2) is 0 Å². The van der Waals surface area contributed by atoms with Crippen LogP contribution in [0.4, 0.5) is 17.1 Å². The molecule has 0 spiro atoms. The lowest BCUT2D eigenvalue weighted by atomic mass is 9.92. The third-order valence-electron chi connectivity index (χ3n) is 10.2. The highest BCUT2D eigenvalue weighted by Crippen LogP contribution is 2.49. The van der Waals surface area contributed by atoms with Crippen molar-refractivity contribution in [3.63, 3.8) is 0 Å². The maximum absolute atomic E-state index is 6.87. The van der Waals surface area contributed by atoms with Crippen molar-refractivity contribution in [1.29, 1.82) is 0 Å². The van der Waals surface area contributed by atoms with E-state index in [1.807, 2.05) is 0 Å². The molecular weight excluding hydrogens is 631 g/mol. The molecule has 0 fully saturated rings. The molecule has 0 N–H and O–H groups in total. The summed E-state index contributed by atoms with van der Waals surface area (Å²) >= 11 is 0. The molecule has 1 aromatic heterocycles. The van der Waals surface area contributed by atoms with Crippen LogP contribution in [0.25, 0.3) is 76.9 Å². The average molecular weight is 664 g/mol. The Hall–Kier alpha value is -6.90. The minimum absolute atomic E-state index is 0.867. The van der Waals surface area contributed by atoms with Gasteiger partial charge in [-0.2, -0.15) is 0 Å². The highest BCUT2D eigenvalue weighted by molar-refractivity contribution is 6.24. The van der Waals surface area contributed by atoms with Gasteiger partial charge in [0.25, 0.3) is 0 Å². The molecule has 0 atom stereocenters. The number of benzene rings is 9. The quantitative estimate of drug-likeness (QED) is 0.176. The molecular formula is C50H33NO. The number of furan rings is 1. The van der Waals surface area contributed by atoms with Crippen molar-refractivity contribution in [3.05, 3.63) is 200 Å². The zero-order chi connectivity index (χ0) is 34.4. The van der Waals surface area contributed by atoms with E-state index in [0.29, 0.717) is 0 Å². The molecule has 0 saturated heterocycles. The van der Waals surface area contributed by atoms with E-state index in [2.05, 4.69) is 205 Å². The second-order valence-corrected chi connectivity index (χ2v) is 13.3. The number of nitrogens with zero attached hydrogens (tertiary/aromatic N) is 1. The first-order valence-corrected chi connectivity index (χ1v) is 17.8. The number of fused-ring (bicyclic) bond motifs is 6. The van der Waals surface area contributed by atoms with Gasteiger partial charge in [0.2, 0.25) is 0 Å². The van der Waals surface area contributed by atoms with E-state index in [9.17, 15) is 0 Å². The molecule has 1 heterocycles. The zero-order valence-electron chi connectivity index (χ0n) is 28.4. The summed E-state index contributed by atoms with van der Waals surface area (Å²) in [7, 11) is 0. The number of anilines is 3. The largest absolute Gasteiger partial charge is 0.455 e. The first kappa shape index (κ1) is 30.0. The first-order chi connectivity index (χ1) is 25.8. The Balaban J connectivity index is 1.29. The highest BCUT2D eigenvalue weighted by Gasteiger charge is 2.24. The normalized spacial score (nSPS) is 11.5. The van der Waals surface area contributed by atoms with E-state index >= 15 is 0 Å². The van der Waals surface area contributed by atoms with Gasteiger partial charge < -0.3 is 9.32 Å². The molecule has 9 aromatic carbocycles. The van der Waals surface area contributed by atoms with E-state index in [0.717, 1.165) is 55.5 Å². The van der Waals surface area contributed by atoms with Gasteiger partial charge in [-0.3, -0.25) is 0 Å². The van der Waals surface area contributed by atoms with Crippen molar-refractivity contribution in [2.75, 3.05) is 4.90 Å². The summed E-state index contributed by atoms with van der Waals surface area (Å²) < 4.78 is 6.87. The number of hydrogen-bond acceptors (Lipinski definition) is 2. The van der Waals surface area contributed by atoms with Crippen molar-refractivity contribution in [1.82, 2.24) is 0 Å². The second-order valence-electron chi connectivity index (χ2n) is 13.3. The van der Waals surface area contributed by atoms with Crippen LogP contribution in [0.3, 0.4) is 0 Å². The predicted molar refractivity (Wildman–Crippen MR) is 220 cm³/mol. The van der Waals surface area contributed by atoms with Crippen molar-refractivity contribution < 1.29 is 4.42 Å². The molecule has 2 nitrogen and oxygen atoms in total. The van der Waals surface area contributed by atoms with Crippen LogP contribution in [0, 0.1) is 0 Å². The van der Waals surface area contributed by atoms with Crippen molar-refractivity contribution in [2.45, 2.75) is 0 Å². The molecule has 2 heteroatoms. The Morgan fingerprint density at radius 2 is 0.942 bits per heavy atom. The lowest BCUT2D eigenvalue weighted by Crippen LogP contribution is -2.11. The van der Waals surface area contributed by atoms with Crippen molar-refractivity contribution in [2.24, 2.45) is 0 Å². The highest BCUT2D eigenvalue weighted by atomic mass is 16.3. The molecule has 0 saturated carbocycles. The van der Waals surface area contributed by atoms with Crippen LogP contribution in [0.5, 0.6) is 0 Å². The van der Waals surface area contributed by atoms with Gasteiger partial charge in [0, 0.05) is 33.1 Å². The minimum Gasteiger partial charge on any atom is -0.455 e. The van der Waals surface area contributed by atoms with Crippen molar-refractivity contribution >= 4 is 60.5 Å². The molecule has 0 radical (unpaired) electrons. The SMILES string of the molecule is c1ccc(-c2ccc(N(c3ccc4ccccc4c3)c3ccc4oc5c6ccccc6c(-c6ccccc6)cc5c4c3-c3ccccc3)cc2)cc1. The van der Waals surface area contributed by atoms with Crippen LogP contribution in [-0.4, -0.2) is 0 Å². The van der Waals surface area contributed by atoms with Crippen LogP contribution in [0.1, 0.15) is 0 Å². The zero-order valence-corrected chi connectivity index (χ0v) is 28.4. The molecule has 0 bridgehead atoms. The number of hydrogen-bond donors (Lipinski definition) is 0. The molecule has 0 amide bonds. The van der Waals surface area contributed by atoms with E-state index in [1.54, 1.807) is 0 Å². The Morgan fingerprint density at radius 1 is 0.365 bits per heavy atom. The maximum atomic E-state index is 6.87. The predicted octanol–water partition coefficient (Wildman–Crippen LogP) is 14.4. The smallest absolute Gasteiger partial charge is 0.143 e. The molecule has 52 heavy (non-hydrogen) atoms. The second kappa shape index (κ2) is 12.5. The van der Waals surface area contributed by atoms with E-state index < -0.39 is 0 Å². The van der Waals surface area contributed by atoms with Crippen LogP contribution in [-0.2, 0) is 0 Å². The van der Waals surface area contributed by atoms with Crippen LogP contribution in [0.2, 0.25) is 0 Å². The lowest BCUT2D eigenvalue weighted by molar-refractivity contribution is 0.673. The lowest BCUT2D eigenvalue weighted by Gasteiger charge is -2.29. The van der Waals surface area contributed by atoms with Gasteiger partial charge in [-0.15, -0.1) is 0 Å². The number of rotatable bonds is 6. The fourth-order valence-corrected chi connectivity index (χ4v) is 7.80. The summed E-state index contributed by atoms with van der Waals surface area (Å²) in [6.45, 7) is 0. The fourth-order valence-electron chi connectivity index (χ4n) is 7.80. The standard InChI is InChI=1S/C50H33NO/c1-4-14-34(15-5-1)36-24-27-40(28-25-36)51(41-29-26-35-16-10-11-21-39(35)32-41)46-30-31-47-49(48(46)38-19-8-3-9-20-38)45-33-44(37-17-6-2-7-18-37)42-22-12-13-23-43(42)50(45)52-47/h1-33H. The molecule has 0 aliphatic carbocycles. The van der Waals surface area contributed by atoms with E-state index in [-0.39, 0.29) is 0 Å². The molecule has 0 aliphatic heterocycles. The summed E-state index contributed by atoms with van der Waals surface area (Å²) in [6, 6.07) is 71.6. The minimum atomic E-state index is 0.867. The van der Waals surface area contributed by atoms with Gasteiger partial charge in [-0.05, 0) is 86.4 Å². The van der Waals surface area contributed by atoms with Gasteiger partial charge in [-0.1, -0.05) is 158 Å². The summed E-state index contributed by atoms with van der Waals surface area (Å²) in [5.74, 6) is 0. The molecule has 0 unspecified atom stereocenters. The van der Waals surface area contributed by atoms with E-state index in [4.69, 9.17) is 4.42 Å².